The van der Waals surface area contributed by atoms with E-state index in [2.05, 4.69) is 21.0 Å². The quantitative estimate of drug-likeness (QED) is 0.844. The van der Waals surface area contributed by atoms with Crippen molar-refractivity contribution < 1.29 is 9.90 Å². The summed E-state index contributed by atoms with van der Waals surface area (Å²) in [5.74, 6) is -0.0361. The summed E-state index contributed by atoms with van der Waals surface area (Å²) in [6.07, 6.45) is 1.62. The maximum atomic E-state index is 11.0. The van der Waals surface area contributed by atoms with Gasteiger partial charge in [-0.15, -0.1) is 0 Å². The second-order valence-corrected chi connectivity index (χ2v) is 4.26. The number of nitrogens with zero attached hydrogens (tertiary/aromatic N) is 3. The fourth-order valence-electron chi connectivity index (χ4n) is 1.65. The number of carboxylic acid groups (broad SMARTS) is 1. The molecule has 15 heavy (non-hydrogen) atoms. The van der Waals surface area contributed by atoms with Gasteiger partial charge in [-0.3, -0.25) is 0 Å². The molecule has 0 bridgehead atoms. The van der Waals surface area contributed by atoms with E-state index in [-0.39, 0.29) is 6.04 Å². The molecule has 0 aliphatic carbocycles. The number of aliphatic carboxylic acids is 1. The van der Waals surface area contributed by atoms with Crippen molar-refractivity contribution in [2.24, 2.45) is 0 Å². The van der Waals surface area contributed by atoms with Crippen molar-refractivity contribution in [3.05, 3.63) is 22.4 Å². The number of anilines is 1. The SMILES string of the molecule is CC1C(C(=O)O)=CN(C)c2cc(Br)nn21. The van der Waals surface area contributed by atoms with Crippen LogP contribution in [-0.4, -0.2) is 27.9 Å². The Balaban J connectivity index is 2.51. The summed E-state index contributed by atoms with van der Waals surface area (Å²) in [7, 11) is 1.80. The lowest BCUT2D eigenvalue weighted by Gasteiger charge is -2.27. The highest BCUT2D eigenvalue weighted by Gasteiger charge is 2.27. The molecule has 0 amide bonds. The van der Waals surface area contributed by atoms with Crippen molar-refractivity contribution in [2.45, 2.75) is 13.0 Å². The smallest absolute Gasteiger partial charge is 0.335 e. The van der Waals surface area contributed by atoms with Crippen molar-refractivity contribution in [2.75, 3.05) is 11.9 Å². The zero-order valence-corrected chi connectivity index (χ0v) is 9.89. The molecule has 0 saturated heterocycles. The monoisotopic (exact) mass is 271 g/mol. The molecule has 1 aliphatic heterocycles. The number of carboxylic acids is 1. The first-order chi connectivity index (χ1) is 7.00. The zero-order chi connectivity index (χ0) is 11.2. The minimum absolute atomic E-state index is 0.250. The Morgan fingerprint density at radius 1 is 1.67 bits per heavy atom. The van der Waals surface area contributed by atoms with E-state index in [0.717, 1.165) is 5.82 Å². The molecular formula is C9H10BrN3O2. The van der Waals surface area contributed by atoms with E-state index in [1.807, 2.05) is 13.0 Å². The van der Waals surface area contributed by atoms with E-state index in [4.69, 9.17) is 5.11 Å². The van der Waals surface area contributed by atoms with Gasteiger partial charge in [0.2, 0.25) is 0 Å². The predicted molar refractivity (Wildman–Crippen MR) is 58.8 cm³/mol. The average molecular weight is 272 g/mol. The maximum Gasteiger partial charge on any atom is 0.335 e. The third kappa shape index (κ3) is 1.54. The fraction of sp³-hybridized carbons (Fsp3) is 0.333. The number of hydrogen-bond acceptors (Lipinski definition) is 3. The van der Waals surface area contributed by atoms with Gasteiger partial charge in [-0.1, -0.05) is 0 Å². The Morgan fingerprint density at radius 3 is 2.93 bits per heavy atom. The fourth-order valence-corrected chi connectivity index (χ4v) is 2.03. The van der Waals surface area contributed by atoms with Crippen molar-refractivity contribution in [1.29, 1.82) is 0 Å². The molecule has 80 valence electrons. The van der Waals surface area contributed by atoms with Gasteiger partial charge in [-0.05, 0) is 22.9 Å². The Bertz CT molecular complexity index is 452. The van der Waals surface area contributed by atoms with Crippen LogP contribution in [0.4, 0.5) is 5.82 Å². The molecule has 0 radical (unpaired) electrons. The molecule has 0 aromatic carbocycles. The van der Waals surface area contributed by atoms with Gasteiger partial charge in [0.15, 0.2) is 0 Å². The zero-order valence-electron chi connectivity index (χ0n) is 8.31. The Kier molecular flexibility index (Phi) is 2.30. The molecule has 0 spiro atoms. The van der Waals surface area contributed by atoms with Gasteiger partial charge in [0.1, 0.15) is 10.4 Å². The Hall–Kier alpha value is -1.30. The lowest BCUT2D eigenvalue weighted by Crippen LogP contribution is -2.27. The topological polar surface area (TPSA) is 58.4 Å². The van der Waals surface area contributed by atoms with E-state index in [1.54, 1.807) is 22.8 Å². The van der Waals surface area contributed by atoms with Crippen LogP contribution < -0.4 is 4.90 Å². The van der Waals surface area contributed by atoms with Gasteiger partial charge >= 0.3 is 5.97 Å². The van der Waals surface area contributed by atoms with Gasteiger partial charge in [-0.2, -0.15) is 5.10 Å². The summed E-state index contributed by atoms with van der Waals surface area (Å²) < 4.78 is 2.39. The van der Waals surface area contributed by atoms with E-state index < -0.39 is 5.97 Å². The van der Waals surface area contributed by atoms with Gasteiger partial charge in [0.25, 0.3) is 0 Å². The second kappa shape index (κ2) is 3.37. The lowest BCUT2D eigenvalue weighted by atomic mass is 10.1. The third-order valence-corrected chi connectivity index (χ3v) is 2.83. The molecule has 0 fully saturated rings. The maximum absolute atomic E-state index is 11.0. The molecule has 1 aliphatic rings. The van der Waals surface area contributed by atoms with Gasteiger partial charge in [0, 0.05) is 19.3 Å². The molecule has 2 rings (SSSR count). The van der Waals surface area contributed by atoms with Crippen LogP contribution in [0.1, 0.15) is 13.0 Å². The van der Waals surface area contributed by atoms with Crippen molar-refractivity contribution in [3.63, 3.8) is 0 Å². The summed E-state index contributed by atoms with van der Waals surface area (Å²) in [5.41, 5.74) is 0.334. The molecule has 0 saturated carbocycles. The number of aromatic nitrogens is 2. The molecule has 1 aromatic rings. The summed E-state index contributed by atoms with van der Waals surface area (Å²) in [4.78, 5) is 12.7. The molecule has 1 aromatic heterocycles. The molecule has 1 unspecified atom stereocenters. The largest absolute Gasteiger partial charge is 0.478 e. The first-order valence-corrected chi connectivity index (χ1v) is 5.23. The first-order valence-electron chi connectivity index (χ1n) is 4.43. The normalized spacial score (nSPS) is 19.8. The number of halogens is 1. The second-order valence-electron chi connectivity index (χ2n) is 3.45. The lowest BCUT2D eigenvalue weighted by molar-refractivity contribution is -0.133. The van der Waals surface area contributed by atoms with Gasteiger partial charge in [0.05, 0.1) is 11.6 Å². The van der Waals surface area contributed by atoms with E-state index in [9.17, 15) is 4.79 Å². The standard InChI is InChI=1S/C9H10BrN3O2/c1-5-6(9(14)15)4-12(2)8-3-7(10)11-13(5)8/h3-5H,1-2H3,(H,14,15). The van der Waals surface area contributed by atoms with Crippen LogP contribution in [0.25, 0.3) is 0 Å². The Labute approximate surface area is 95.1 Å². The highest BCUT2D eigenvalue weighted by Crippen LogP contribution is 2.31. The average Bonchev–Trinajstić information content (AvgIpc) is 2.53. The summed E-state index contributed by atoms with van der Waals surface area (Å²) >= 11 is 3.28. The van der Waals surface area contributed by atoms with Crippen molar-refractivity contribution in [3.8, 4) is 0 Å². The number of fused-ring (bicyclic) bond motifs is 1. The summed E-state index contributed by atoms with van der Waals surface area (Å²) in [5, 5.41) is 13.2. The van der Waals surface area contributed by atoms with E-state index in [1.165, 1.54) is 0 Å². The highest BCUT2D eigenvalue weighted by molar-refractivity contribution is 9.10. The number of carbonyl (C=O) groups is 1. The van der Waals surface area contributed by atoms with Crippen molar-refractivity contribution in [1.82, 2.24) is 9.78 Å². The minimum atomic E-state index is -0.911. The van der Waals surface area contributed by atoms with Crippen LogP contribution in [0.3, 0.4) is 0 Å². The van der Waals surface area contributed by atoms with Crippen molar-refractivity contribution >= 4 is 27.7 Å². The Morgan fingerprint density at radius 2 is 2.33 bits per heavy atom. The molecule has 1 N–H and O–H groups in total. The predicted octanol–water partition coefficient (Wildman–Crippen LogP) is 1.62. The molecule has 2 heterocycles. The van der Waals surface area contributed by atoms with Gasteiger partial charge in [-0.25, -0.2) is 9.48 Å². The molecule has 6 heteroatoms. The minimum Gasteiger partial charge on any atom is -0.478 e. The molecular weight excluding hydrogens is 262 g/mol. The van der Waals surface area contributed by atoms with Crippen LogP contribution in [0, 0.1) is 0 Å². The highest BCUT2D eigenvalue weighted by atomic mass is 79.9. The van der Waals surface area contributed by atoms with Gasteiger partial charge < -0.3 is 10.0 Å². The van der Waals surface area contributed by atoms with Crippen LogP contribution in [0.15, 0.2) is 22.4 Å². The van der Waals surface area contributed by atoms with Crippen LogP contribution in [0.5, 0.6) is 0 Å². The van der Waals surface area contributed by atoms with E-state index in [0.29, 0.717) is 10.2 Å². The number of hydrogen-bond donors (Lipinski definition) is 1. The first kappa shape index (κ1) is 10.2. The third-order valence-electron chi connectivity index (χ3n) is 2.44. The molecule has 1 atom stereocenters. The van der Waals surface area contributed by atoms with Crippen LogP contribution in [-0.2, 0) is 4.79 Å². The van der Waals surface area contributed by atoms with Crippen LogP contribution >= 0.6 is 15.9 Å². The summed E-state index contributed by atoms with van der Waals surface area (Å²) in [6, 6.07) is 1.60. The van der Waals surface area contributed by atoms with Crippen LogP contribution in [0.2, 0.25) is 0 Å². The summed E-state index contributed by atoms with van der Waals surface area (Å²) in [6.45, 7) is 1.82. The van der Waals surface area contributed by atoms with E-state index >= 15 is 0 Å². The number of rotatable bonds is 1. The molecule has 5 nitrogen and oxygen atoms in total.